The number of anilines is 1. The summed E-state index contributed by atoms with van der Waals surface area (Å²) in [4.78, 5) is 12.0. The van der Waals surface area contributed by atoms with Gasteiger partial charge in [-0.15, -0.1) is 0 Å². The molecule has 3 atom stereocenters. The minimum Gasteiger partial charge on any atom is -0.484 e. The van der Waals surface area contributed by atoms with Crippen molar-refractivity contribution in [3.8, 4) is 5.75 Å². The van der Waals surface area contributed by atoms with Crippen LogP contribution in [0.15, 0.2) is 24.3 Å². The summed E-state index contributed by atoms with van der Waals surface area (Å²) in [5, 5.41) is 3.08. The van der Waals surface area contributed by atoms with Gasteiger partial charge >= 0.3 is 0 Å². The van der Waals surface area contributed by atoms with Gasteiger partial charge in [-0.1, -0.05) is 6.42 Å². The standard InChI is InChI=1S/C17H24N2O4S/c1-19(24(2,21)22)14-5-7-15(8-6-14)23-11-17(20)18-16-10-12-3-4-13(16)9-12/h5-8,12-13,16H,3-4,9-11H2,1-2H3,(H,18,20). The van der Waals surface area contributed by atoms with Crippen LogP contribution in [0.3, 0.4) is 0 Å². The molecule has 0 aromatic heterocycles. The number of hydrogen-bond acceptors (Lipinski definition) is 4. The summed E-state index contributed by atoms with van der Waals surface area (Å²) in [6, 6.07) is 6.96. The molecule has 1 aromatic rings. The van der Waals surface area contributed by atoms with Gasteiger partial charge in [0.15, 0.2) is 6.61 Å². The molecular weight excluding hydrogens is 328 g/mol. The molecule has 0 radical (unpaired) electrons. The summed E-state index contributed by atoms with van der Waals surface area (Å²) >= 11 is 0. The Labute approximate surface area is 143 Å². The van der Waals surface area contributed by atoms with Crippen LogP contribution >= 0.6 is 0 Å². The lowest BCUT2D eigenvalue weighted by Gasteiger charge is -2.22. The molecule has 0 spiro atoms. The lowest BCUT2D eigenvalue weighted by Crippen LogP contribution is -2.40. The highest BCUT2D eigenvalue weighted by molar-refractivity contribution is 7.92. The maximum atomic E-state index is 12.0. The van der Waals surface area contributed by atoms with Crippen LogP contribution in [0, 0.1) is 11.8 Å². The molecule has 2 aliphatic rings. The first-order valence-electron chi connectivity index (χ1n) is 8.29. The van der Waals surface area contributed by atoms with Gasteiger partial charge in [0.25, 0.3) is 5.91 Å². The van der Waals surface area contributed by atoms with E-state index in [1.54, 1.807) is 24.3 Å². The van der Waals surface area contributed by atoms with E-state index in [1.807, 2.05) is 0 Å². The summed E-state index contributed by atoms with van der Waals surface area (Å²) in [5.74, 6) is 1.89. The minimum absolute atomic E-state index is 0.0187. The largest absolute Gasteiger partial charge is 0.484 e. The van der Waals surface area contributed by atoms with Gasteiger partial charge in [0.1, 0.15) is 5.75 Å². The maximum Gasteiger partial charge on any atom is 0.258 e. The molecule has 2 fully saturated rings. The third-order valence-corrected chi connectivity index (χ3v) is 6.36. The van der Waals surface area contributed by atoms with E-state index in [4.69, 9.17) is 4.74 Å². The Hall–Kier alpha value is -1.76. The van der Waals surface area contributed by atoms with Gasteiger partial charge in [-0.25, -0.2) is 8.42 Å². The van der Waals surface area contributed by atoms with Crippen LogP contribution in [0.2, 0.25) is 0 Å². The molecule has 3 unspecified atom stereocenters. The number of sulfonamides is 1. The van der Waals surface area contributed by atoms with Gasteiger partial charge in [0, 0.05) is 13.1 Å². The number of carbonyl (C=O) groups is 1. The second-order valence-corrected chi connectivity index (χ2v) is 8.88. The molecule has 0 aliphatic heterocycles. The van der Waals surface area contributed by atoms with Gasteiger partial charge in [-0.3, -0.25) is 9.10 Å². The van der Waals surface area contributed by atoms with Gasteiger partial charge < -0.3 is 10.1 Å². The molecule has 3 rings (SSSR count). The minimum atomic E-state index is -3.28. The van der Waals surface area contributed by atoms with Crippen LogP contribution in [0.5, 0.6) is 5.75 Å². The van der Waals surface area contributed by atoms with Crippen molar-refractivity contribution in [3.05, 3.63) is 24.3 Å². The summed E-state index contributed by atoms with van der Waals surface area (Å²) in [5.41, 5.74) is 0.552. The van der Waals surface area contributed by atoms with E-state index in [1.165, 1.54) is 30.6 Å². The molecule has 132 valence electrons. The first kappa shape index (κ1) is 17.1. The molecule has 0 saturated heterocycles. The fourth-order valence-electron chi connectivity index (χ4n) is 3.76. The Morgan fingerprint density at radius 2 is 1.96 bits per heavy atom. The molecule has 1 amide bonds. The van der Waals surface area contributed by atoms with Crippen molar-refractivity contribution in [2.75, 3.05) is 24.2 Å². The Bertz CT molecular complexity index is 702. The van der Waals surface area contributed by atoms with Crippen LogP contribution in [-0.2, 0) is 14.8 Å². The Morgan fingerprint density at radius 3 is 2.50 bits per heavy atom. The molecule has 1 aromatic carbocycles. The SMILES string of the molecule is CN(c1ccc(OCC(=O)NC2CC3CCC2C3)cc1)S(C)(=O)=O. The van der Waals surface area contributed by atoms with Crippen LogP contribution < -0.4 is 14.4 Å². The molecule has 0 heterocycles. The number of hydrogen-bond donors (Lipinski definition) is 1. The van der Waals surface area contributed by atoms with Gasteiger partial charge in [-0.05, 0) is 55.4 Å². The van der Waals surface area contributed by atoms with Gasteiger partial charge in [0.05, 0.1) is 11.9 Å². The van der Waals surface area contributed by atoms with E-state index >= 15 is 0 Å². The molecular formula is C17H24N2O4S. The molecule has 2 bridgehead atoms. The molecule has 7 heteroatoms. The predicted octanol–water partition coefficient (Wildman–Crippen LogP) is 1.77. The van der Waals surface area contributed by atoms with Crippen LogP contribution in [0.4, 0.5) is 5.69 Å². The summed E-state index contributed by atoms with van der Waals surface area (Å²) < 4.78 is 29.7. The number of benzene rings is 1. The number of ether oxygens (including phenoxy) is 1. The lowest BCUT2D eigenvalue weighted by molar-refractivity contribution is -0.124. The zero-order valence-corrected chi connectivity index (χ0v) is 14.9. The number of carbonyl (C=O) groups excluding carboxylic acids is 1. The molecule has 24 heavy (non-hydrogen) atoms. The number of fused-ring (bicyclic) bond motifs is 2. The Balaban J connectivity index is 1.49. The highest BCUT2D eigenvalue weighted by Crippen LogP contribution is 2.44. The monoisotopic (exact) mass is 352 g/mol. The average molecular weight is 352 g/mol. The molecule has 1 N–H and O–H groups in total. The summed E-state index contributed by atoms with van der Waals surface area (Å²) in [6.07, 6.45) is 6.04. The first-order chi connectivity index (χ1) is 11.3. The highest BCUT2D eigenvalue weighted by atomic mass is 32.2. The van der Waals surface area contributed by atoms with Gasteiger partial charge in [0.2, 0.25) is 10.0 Å². The van der Waals surface area contributed by atoms with E-state index in [-0.39, 0.29) is 12.5 Å². The lowest BCUT2D eigenvalue weighted by atomic mass is 9.95. The summed E-state index contributed by atoms with van der Waals surface area (Å²) in [6.45, 7) is -0.0187. The molecule has 2 saturated carbocycles. The fraction of sp³-hybridized carbons (Fsp3) is 0.588. The zero-order valence-electron chi connectivity index (χ0n) is 14.1. The van der Waals surface area contributed by atoms with Crippen molar-refractivity contribution in [1.29, 1.82) is 0 Å². The fourth-order valence-corrected chi connectivity index (χ4v) is 4.27. The van der Waals surface area contributed by atoms with Crippen molar-refractivity contribution >= 4 is 21.6 Å². The van der Waals surface area contributed by atoms with E-state index in [0.717, 1.165) is 18.6 Å². The molecule has 6 nitrogen and oxygen atoms in total. The van der Waals surface area contributed by atoms with Gasteiger partial charge in [-0.2, -0.15) is 0 Å². The Kier molecular flexibility index (Phi) is 4.71. The van der Waals surface area contributed by atoms with Crippen molar-refractivity contribution in [2.24, 2.45) is 11.8 Å². The van der Waals surface area contributed by atoms with E-state index in [9.17, 15) is 13.2 Å². The molecule has 2 aliphatic carbocycles. The van der Waals surface area contributed by atoms with Crippen LogP contribution in [0.25, 0.3) is 0 Å². The average Bonchev–Trinajstić information content (AvgIpc) is 3.14. The quantitative estimate of drug-likeness (QED) is 0.846. The van der Waals surface area contributed by atoms with E-state index < -0.39 is 10.0 Å². The van der Waals surface area contributed by atoms with Crippen LogP contribution in [0.1, 0.15) is 25.7 Å². The van der Waals surface area contributed by atoms with Crippen molar-refractivity contribution < 1.29 is 17.9 Å². The third kappa shape index (κ3) is 3.83. The van der Waals surface area contributed by atoms with E-state index in [0.29, 0.717) is 23.4 Å². The number of rotatable bonds is 6. The smallest absolute Gasteiger partial charge is 0.258 e. The predicted molar refractivity (Wildman–Crippen MR) is 92.6 cm³/mol. The second-order valence-electron chi connectivity index (χ2n) is 6.86. The van der Waals surface area contributed by atoms with E-state index in [2.05, 4.69) is 5.32 Å². The highest BCUT2D eigenvalue weighted by Gasteiger charge is 2.40. The first-order valence-corrected chi connectivity index (χ1v) is 10.1. The summed E-state index contributed by atoms with van der Waals surface area (Å²) in [7, 11) is -1.79. The number of nitrogens with zero attached hydrogens (tertiary/aromatic N) is 1. The van der Waals surface area contributed by atoms with Crippen LogP contribution in [-0.4, -0.2) is 40.3 Å². The maximum absolute atomic E-state index is 12.0. The second kappa shape index (κ2) is 6.63. The van der Waals surface area contributed by atoms with Crippen molar-refractivity contribution in [2.45, 2.75) is 31.7 Å². The van der Waals surface area contributed by atoms with Crippen molar-refractivity contribution in [3.63, 3.8) is 0 Å². The number of nitrogens with one attached hydrogen (secondary N) is 1. The topological polar surface area (TPSA) is 75.7 Å². The zero-order chi connectivity index (χ0) is 17.3. The Morgan fingerprint density at radius 1 is 1.25 bits per heavy atom. The van der Waals surface area contributed by atoms with Crippen molar-refractivity contribution in [1.82, 2.24) is 5.32 Å². The third-order valence-electron chi connectivity index (χ3n) is 5.15. The number of amides is 1. The normalized spacial score (nSPS) is 25.5.